The van der Waals surface area contributed by atoms with Crippen LogP contribution in [0.5, 0.6) is 0 Å². The molecule has 0 aromatic carbocycles. The van der Waals surface area contributed by atoms with E-state index in [1.165, 1.54) is 43.6 Å². The summed E-state index contributed by atoms with van der Waals surface area (Å²) in [5, 5.41) is 0. The van der Waals surface area contributed by atoms with Crippen LogP contribution in [-0.2, 0) is 17.6 Å². The van der Waals surface area contributed by atoms with Crippen LogP contribution in [0.25, 0.3) is 0 Å². The molecule has 1 fully saturated rings. The molecule has 3 nitrogen and oxygen atoms in total. The molecule has 0 radical (unpaired) electrons. The van der Waals surface area contributed by atoms with E-state index in [2.05, 4.69) is 22.7 Å². The number of aryl methyl sites for hydroxylation is 1. The molecule has 88 valence electrons. The zero-order valence-corrected chi connectivity index (χ0v) is 9.98. The van der Waals surface area contributed by atoms with Gasteiger partial charge in [0.2, 0.25) is 0 Å². The van der Waals surface area contributed by atoms with Crippen molar-refractivity contribution >= 4 is 0 Å². The summed E-state index contributed by atoms with van der Waals surface area (Å²) in [6.45, 7) is 3.25. The summed E-state index contributed by atoms with van der Waals surface area (Å²) in [4.78, 5) is 4.59. The largest absolute Gasteiger partial charge is 0.378 e. The minimum atomic E-state index is 0.417. The molecule has 1 aromatic heterocycles. The Balaban J connectivity index is 1.81. The smallest absolute Gasteiger partial charge is 0.111 e. The molecule has 0 amide bonds. The van der Waals surface area contributed by atoms with Gasteiger partial charge in [0.05, 0.1) is 6.10 Å². The fourth-order valence-corrected chi connectivity index (χ4v) is 3.03. The summed E-state index contributed by atoms with van der Waals surface area (Å²) in [7, 11) is 0. The summed E-state index contributed by atoms with van der Waals surface area (Å²) in [6.07, 6.45) is 9.71. The van der Waals surface area contributed by atoms with E-state index in [-0.39, 0.29) is 0 Å². The van der Waals surface area contributed by atoms with Crippen LogP contribution < -0.4 is 0 Å². The average Bonchev–Trinajstić information content (AvgIpc) is 2.90. The molecule has 0 saturated carbocycles. The number of imidazole rings is 1. The van der Waals surface area contributed by atoms with Crippen LogP contribution >= 0.6 is 0 Å². The van der Waals surface area contributed by atoms with Crippen molar-refractivity contribution in [1.29, 1.82) is 0 Å². The van der Waals surface area contributed by atoms with Gasteiger partial charge < -0.3 is 9.30 Å². The lowest BCUT2D eigenvalue weighted by atomic mass is 10.0. The molecule has 0 aliphatic carbocycles. The fourth-order valence-electron chi connectivity index (χ4n) is 3.03. The zero-order valence-electron chi connectivity index (χ0n) is 9.98. The molecule has 1 aromatic rings. The van der Waals surface area contributed by atoms with E-state index >= 15 is 0 Å². The molecule has 0 bridgehead atoms. The van der Waals surface area contributed by atoms with E-state index in [0.29, 0.717) is 12.1 Å². The van der Waals surface area contributed by atoms with Gasteiger partial charge in [-0.15, -0.1) is 0 Å². The highest BCUT2D eigenvalue weighted by atomic mass is 16.5. The molecule has 1 saturated heterocycles. The van der Waals surface area contributed by atoms with Crippen LogP contribution in [0.1, 0.15) is 50.2 Å². The molecule has 3 heteroatoms. The van der Waals surface area contributed by atoms with Gasteiger partial charge in [0, 0.05) is 31.0 Å². The van der Waals surface area contributed by atoms with Gasteiger partial charge >= 0.3 is 0 Å². The highest BCUT2D eigenvalue weighted by molar-refractivity contribution is 5.11. The molecule has 3 heterocycles. The monoisotopic (exact) mass is 220 g/mol. The Hall–Kier alpha value is -0.830. The molecule has 2 atom stereocenters. The molecule has 2 unspecified atom stereocenters. The highest BCUT2D eigenvalue weighted by Crippen LogP contribution is 2.27. The van der Waals surface area contributed by atoms with Gasteiger partial charge in [0.1, 0.15) is 5.82 Å². The summed E-state index contributed by atoms with van der Waals surface area (Å²) < 4.78 is 8.15. The van der Waals surface area contributed by atoms with Crippen molar-refractivity contribution in [1.82, 2.24) is 9.55 Å². The number of rotatable bonds is 2. The third-order valence-corrected chi connectivity index (χ3v) is 3.88. The van der Waals surface area contributed by atoms with Crippen molar-refractivity contribution in [2.45, 2.75) is 57.6 Å². The minimum absolute atomic E-state index is 0.417. The van der Waals surface area contributed by atoms with Crippen LogP contribution in [0, 0.1) is 0 Å². The lowest BCUT2D eigenvalue weighted by Gasteiger charge is -2.24. The first-order valence-corrected chi connectivity index (χ1v) is 6.51. The van der Waals surface area contributed by atoms with E-state index in [4.69, 9.17) is 4.74 Å². The van der Waals surface area contributed by atoms with E-state index in [9.17, 15) is 0 Å². The second-order valence-corrected chi connectivity index (χ2v) is 5.12. The van der Waals surface area contributed by atoms with Crippen LogP contribution in [0.15, 0.2) is 6.20 Å². The van der Waals surface area contributed by atoms with Gasteiger partial charge in [-0.25, -0.2) is 4.98 Å². The van der Waals surface area contributed by atoms with E-state index in [0.717, 1.165) is 13.0 Å². The summed E-state index contributed by atoms with van der Waals surface area (Å²) >= 11 is 0. The maximum absolute atomic E-state index is 5.70. The van der Waals surface area contributed by atoms with Crippen molar-refractivity contribution in [3.63, 3.8) is 0 Å². The molecule has 2 aliphatic rings. The number of nitrogens with zero attached hydrogens (tertiary/aromatic N) is 2. The SMILES string of the molecule is CC1CCCc2cnc(CC3CCCO3)n21. The number of ether oxygens (including phenoxy) is 1. The normalized spacial score (nSPS) is 29.3. The maximum Gasteiger partial charge on any atom is 0.111 e. The Bertz CT molecular complexity index is 366. The first kappa shape index (κ1) is 10.3. The van der Waals surface area contributed by atoms with Crippen molar-refractivity contribution in [2.75, 3.05) is 6.61 Å². The lowest BCUT2D eigenvalue weighted by Crippen LogP contribution is -2.20. The van der Waals surface area contributed by atoms with Gasteiger partial charge in [-0.2, -0.15) is 0 Å². The number of aromatic nitrogens is 2. The van der Waals surface area contributed by atoms with Crippen molar-refractivity contribution < 1.29 is 4.74 Å². The van der Waals surface area contributed by atoms with E-state index in [1.54, 1.807) is 0 Å². The molecular weight excluding hydrogens is 200 g/mol. The molecular formula is C13H20N2O. The standard InChI is InChI=1S/C13H20N2O/c1-10-4-2-5-11-9-14-13(15(10)11)8-12-6-3-7-16-12/h9-10,12H,2-8H2,1H3. The van der Waals surface area contributed by atoms with Crippen molar-refractivity contribution in [3.8, 4) is 0 Å². The van der Waals surface area contributed by atoms with E-state index < -0.39 is 0 Å². The van der Waals surface area contributed by atoms with Gasteiger partial charge in [-0.05, 0) is 39.0 Å². The third-order valence-electron chi connectivity index (χ3n) is 3.88. The Morgan fingerprint density at radius 2 is 2.38 bits per heavy atom. The van der Waals surface area contributed by atoms with Crippen LogP contribution in [-0.4, -0.2) is 22.3 Å². The fraction of sp³-hybridized carbons (Fsp3) is 0.769. The molecule has 0 spiro atoms. The Labute approximate surface area is 96.8 Å². The predicted octanol–water partition coefficient (Wildman–Crippen LogP) is 2.50. The predicted molar refractivity (Wildman–Crippen MR) is 62.6 cm³/mol. The van der Waals surface area contributed by atoms with Crippen LogP contribution in [0.3, 0.4) is 0 Å². The quantitative estimate of drug-likeness (QED) is 0.765. The van der Waals surface area contributed by atoms with Gasteiger partial charge in [0.25, 0.3) is 0 Å². The van der Waals surface area contributed by atoms with E-state index in [1.807, 2.05) is 0 Å². The Morgan fingerprint density at radius 1 is 1.44 bits per heavy atom. The van der Waals surface area contributed by atoms with Crippen LogP contribution in [0.4, 0.5) is 0 Å². The zero-order chi connectivity index (χ0) is 11.0. The minimum Gasteiger partial charge on any atom is -0.378 e. The Kier molecular flexibility index (Phi) is 2.72. The second kappa shape index (κ2) is 4.21. The van der Waals surface area contributed by atoms with Crippen molar-refractivity contribution in [3.05, 3.63) is 17.7 Å². The average molecular weight is 220 g/mol. The number of hydrogen-bond acceptors (Lipinski definition) is 2. The Morgan fingerprint density at radius 3 is 3.19 bits per heavy atom. The third kappa shape index (κ3) is 1.77. The topological polar surface area (TPSA) is 27.1 Å². The summed E-state index contributed by atoms with van der Waals surface area (Å²) in [5.74, 6) is 1.24. The molecule has 0 N–H and O–H groups in total. The first-order valence-electron chi connectivity index (χ1n) is 6.51. The number of fused-ring (bicyclic) bond motifs is 1. The van der Waals surface area contributed by atoms with Gasteiger partial charge in [-0.1, -0.05) is 0 Å². The van der Waals surface area contributed by atoms with Gasteiger partial charge in [-0.3, -0.25) is 0 Å². The first-order chi connectivity index (χ1) is 7.84. The second-order valence-electron chi connectivity index (χ2n) is 5.12. The summed E-state index contributed by atoms with van der Waals surface area (Å²) in [6, 6.07) is 0.627. The van der Waals surface area contributed by atoms with Gasteiger partial charge in [0.15, 0.2) is 0 Å². The highest BCUT2D eigenvalue weighted by Gasteiger charge is 2.23. The molecule has 16 heavy (non-hydrogen) atoms. The summed E-state index contributed by atoms with van der Waals surface area (Å²) in [5.41, 5.74) is 1.42. The van der Waals surface area contributed by atoms with Crippen LogP contribution in [0.2, 0.25) is 0 Å². The molecule has 3 rings (SSSR count). The van der Waals surface area contributed by atoms with Crippen molar-refractivity contribution in [2.24, 2.45) is 0 Å². The molecule has 2 aliphatic heterocycles. The maximum atomic E-state index is 5.70. The number of hydrogen-bond donors (Lipinski definition) is 0. The lowest BCUT2D eigenvalue weighted by molar-refractivity contribution is 0.108.